The number of rotatable bonds is 2. The van der Waals surface area contributed by atoms with E-state index in [1.807, 2.05) is 6.92 Å². The van der Waals surface area contributed by atoms with Crippen LogP contribution in [0.5, 0.6) is 0 Å². The summed E-state index contributed by atoms with van der Waals surface area (Å²) in [5.74, 6) is -0.478. The van der Waals surface area contributed by atoms with E-state index in [0.29, 0.717) is 12.3 Å². The molecule has 4 nitrogen and oxygen atoms in total. The van der Waals surface area contributed by atoms with Crippen molar-refractivity contribution < 1.29 is 19.7 Å². The summed E-state index contributed by atoms with van der Waals surface area (Å²) in [5.41, 5.74) is -0.454. The van der Waals surface area contributed by atoms with E-state index in [4.69, 9.17) is 4.74 Å². The Morgan fingerprint density at radius 1 is 1.21 bits per heavy atom. The Morgan fingerprint density at radius 2 is 1.88 bits per heavy atom. The number of carbonyl (C=O) groups is 1. The summed E-state index contributed by atoms with van der Waals surface area (Å²) >= 11 is 0. The largest absolute Gasteiger partial charge is 0.481 e. The first-order chi connectivity index (χ1) is 11.0. The molecule has 3 rings (SSSR count). The van der Waals surface area contributed by atoms with Gasteiger partial charge in [-0.15, -0.1) is 0 Å². The zero-order valence-corrected chi connectivity index (χ0v) is 15.5. The minimum atomic E-state index is -0.831. The molecule has 5 atom stereocenters. The molecule has 24 heavy (non-hydrogen) atoms. The number of ether oxygens (including phenoxy) is 1. The second-order valence-corrected chi connectivity index (χ2v) is 9.54. The summed E-state index contributed by atoms with van der Waals surface area (Å²) < 4.78 is 6.60. The van der Waals surface area contributed by atoms with Crippen LogP contribution in [0.1, 0.15) is 72.6 Å². The summed E-state index contributed by atoms with van der Waals surface area (Å²) in [5, 5.41) is 20.0. The Morgan fingerprint density at radius 3 is 2.50 bits per heavy atom. The normalized spacial score (nSPS) is 47.6. The van der Waals surface area contributed by atoms with Gasteiger partial charge in [0.15, 0.2) is 0 Å². The molecule has 1 heterocycles. The molecular weight excluding hydrogens is 304 g/mol. The topological polar surface area (TPSA) is 66.8 Å². The number of carboxylic acid groups (broad SMARTS) is 1. The third kappa shape index (κ3) is 2.37. The molecule has 0 aromatic carbocycles. The van der Waals surface area contributed by atoms with Crippen molar-refractivity contribution >= 4 is 5.97 Å². The number of aliphatic carboxylic acids is 1. The van der Waals surface area contributed by atoms with Gasteiger partial charge >= 0.3 is 5.97 Å². The molecule has 4 heteroatoms. The van der Waals surface area contributed by atoms with E-state index in [0.717, 1.165) is 37.7 Å². The summed E-state index contributed by atoms with van der Waals surface area (Å²) in [7, 11) is 0. The fourth-order valence-corrected chi connectivity index (χ4v) is 6.22. The number of aliphatic hydroxyl groups excluding tert-OH is 1. The van der Waals surface area contributed by atoms with Gasteiger partial charge in [-0.2, -0.15) is 0 Å². The van der Waals surface area contributed by atoms with E-state index in [-0.39, 0.29) is 17.3 Å². The Kier molecular flexibility index (Phi) is 3.97. The molecule has 3 aliphatic rings. The van der Waals surface area contributed by atoms with Crippen molar-refractivity contribution in [3.05, 3.63) is 12.2 Å². The van der Waals surface area contributed by atoms with Crippen LogP contribution in [0, 0.1) is 16.7 Å². The lowest BCUT2D eigenvalue weighted by molar-refractivity contribution is -0.212. The lowest BCUT2D eigenvalue weighted by Gasteiger charge is -2.63. The van der Waals surface area contributed by atoms with Gasteiger partial charge in [0, 0.05) is 5.41 Å². The standard InChI is InChI=1S/C20H32O4/c1-13-14(21)11-15-17(2,3)7-6-8-19(15,5)20(13)10-9-18(4,24-20)12-16(22)23/h14-15,21H,1,6-12H2,2-5H3,(H,22,23)/t14-,15+,18+,19+,20-/m1/s1. The van der Waals surface area contributed by atoms with Crippen molar-refractivity contribution in [3.8, 4) is 0 Å². The van der Waals surface area contributed by atoms with Crippen LogP contribution in [-0.2, 0) is 9.53 Å². The molecule has 1 saturated heterocycles. The highest BCUT2D eigenvalue weighted by molar-refractivity contribution is 5.68. The lowest BCUT2D eigenvalue weighted by atomic mass is 9.45. The van der Waals surface area contributed by atoms with Crippen molar-refractivity contribution in [2.24, 2.45) is 16.7 Å². The van der Waals surface area contributed by atoms with Gasteiger partial charge in [-0.3, -0.25) is 4.79 Å². The van der Waals surface area contributed by atoms with E-state index < -0.39 is 23.3 Å². The summed E-state index contributed by atoms with van der Waals surface area (Å²) in [6.45, 7) is 13.0. The van der Waals surface area contributed by atoms with Crippen molar-refractivity contribution in [3.63, 3.8) is 0 Å². The van der Waals surface area contributed by atoms with Crippen molar-refractivity contribution in [2.75, 3.05) is 0 Å². The van der Waals surface area contributed by atoms with Crippen LogP contribution in [0.4, 0.5) is 0 Å². The Balaban J connectivity index is 2.04. The molecule has 0 aromatic rings. The molecule has 1 spiro atoms. The first-order valence-electron chi connectivity index (χ1n) is 9.25. The second kappa shape index (κ2) is 5.31. The Labute approximate surface area is 145 Å². The van der Waals surface area contributed by atoms with E-state index in [9.17, 15) is 15.0 Å². The van der Waals surface area contributed by atoms with E-state index >= 15 is 0 Å². The molecule has 136 valence electrons. The van der Waals surface area contributed by atoms with Gasteiger partial charge < -0.3 is 14.9 Å². The number of carboxylic acids is 1. The highest BCUT2D eigenvalue weighted by atomic mass is 16.5. The van der Waals surface area contributed by atoms with Gasteiger partial charge in [0.25, 0.3) is 0 Å². The maximum atomic E-state index is 11.3. The number of aliphatic hydroxyl groups is 1. The molecule has 0 amide bonds. The molecule has 0 aromatic heterocycles. The number of hydrogen-bond acceptors (Lipinski definition) is 3. The van der Waals surface area contributed by atoms with E-state index in [1.54, 1.807) is 0 Å². The molecule has 2 N–H and O–H groups in total. The molecule has 0 bridgehead atoms. The number of fused-ring (bicyclic) bond motifs is 2. The summed E-state index contributed by atoms with van der Waals surface area (Å²) in [6.07, 6.45) is 5.00. The van der Waals surface area contributed by atoms with Crippen molar-refractivity contribution in [1.82, 2.24) is 0 Å². The second-order valence-electron chi connectivity index (χ2n) is 9.54. The Hall–Kier alpha value is -0.870. The lowest BCUT2D eigenvalue weighted by Crippen LogP contribution is -2.63. The zero-order chi connectivity index (χ0) is 18.0. The maximum Gasteiger partial charge on any atom is 0.306 e. The number of hydrogen-bond donors (Lipinski definition) is 2. The van der Waals surface area contributed by atoms with E-state index in [2.05, 4.69) is 27.4 Å². The zero-order valence-electron chi connectivity index (χ0n) is 15.5. The summed E-state index contributed by atoms with van der Waals surface area (Å²) in [6, 6.07) is 0. The van der Waals surface area contributed by atoms with Crippen molar-refractivity contribution in [1.29, 1.82) is 0 Å². The van der Waals surface area contributed by atoms with Gasteiger partial charge in [0.05, 0.1) is 23.7 Å². The van der Waals surface area contributed by atoms with Crippen LogP contribution in [0.3, 0.4) is 0 Å². The fraction of sp³-hybridized carbons (Fsp3) is 0.850. The quantitative estimate of drug-likeness (QED) is 0.750. The van der Waals surface area contributed by atoms with Gasteiger partial charge in [-0.05, 0) is 55.9 Å². The van der Waals surface area contributed by atoms with Crippen LogP contribution < -0.4 is 0 Å². The molecular formula is C20H32O4. The predicted octanol–water partition coefficient (Wildman–Crippen LogP) is 3.92. The third-order valence-electron chi connectivity index (χ3n) is 7.48. The van der Waals surface area contributed by atoms with Gasteiger partial charge in [0.1, 0.15) is 0 Å². The molecule has 0 unspecified atom stereocenters. The summed E-state index contributed by atoms with van der Waals surface area (Å²) in [4.78, 5) is 11.3. The first kappa shape index (κ1) is 17.9. The van der Waals surface area contributed by atoms with Crippen LogP contribution in [0.25, 0.3) is 0 Å². The van der Waals surface area contributed by atoms with Gasteiger partial charge in [-0.1, -0.05) is 33.8 Å². The smallest absolute Gasteiger partial charge is 0.306 e. The monoisotopic (exact) mass is 336 g/mol. The van der Waals surface area contributed by atoms with Crippen LogP contribution in [0.2, 0.25) is 0 Å². The van der Waals surface area contributed by atoms with Gasteiger partial charge in [-0.25, -0.2) is 0 Å². The highest BCUT2D eigenvalue weighted by Crippen LogP contribution is 2.67. The average Bonchev–Trinajstić information content (AvgIpc) is 2.78. The maximum absolute atomic E-state index is 11.3. The molecule has 0 radical (unpaired) electrons. The minimum absolute atomic E-state index is 0.00225. The molecule has 2 saturated carbocycles. The van der Waals surface area contributed by atoms with Crippen molar-refractivity contribution in [2.45, 2.75) is 89.9 Å². The third-order valence-corrected chi connectivity index (χ3v) is 7.48. The predicted molar refractivity (Wildman–Crippen MR) is 92.7 cm³/mol. The Bertz CT molecular complexity index is 568. The average molecular weight is 336 g/mol. The fourth-order valence-electron chi connectivity index (χ4n) is 6.22. The highest BCUT2D eigenvalue weighted by Gasteiger charge is 2.67. The molecule has 2 aliphatic carbocycles. The minimum Gasteiger partial charge on any atom is -0.481 e. The molecule has 1 aliphatic heterocycles. The van der Waals surface area contributed by atoms with Gasteiger partial charge in [0.2, 0.25) is 0 Å². The van der Waals surface area contributed by atoms with Crippen LogP contribution >= 0.6 is 0 Å². The van der Waals surface area contributed by atoms with E-state index in [1.165, 1.54) is 0 Å². The molecule has 3 fully saturated rings. The first-order valence-corrected chi connectivity index (χ1v) is 9.25. The SMILES string of the molecule is C=C1[C@H](O)C[C@H]2C(C)(C)CCC[C@]2(C)[C@@]12CC[C@@](C)(CC(=O)O)O2. The van der Waals surface area contributed by atoms with Crippen LogP contribution in [0.15, 0.2) is 12.2 Å². The van der Waals surface area contributed by atoms with Crippen LogP contribution in [-0.4, -0.2) is 33.5 Å².